The van der Waals surface area contributed by atoms with Gasteiger partial charge >= 0.3 is 6.18 Å². The quantitative estimate of drug-likeness (QED) is 0.879. The van der Waals surface area contributed by atoms with Crippen LogP contribution in [0.1, 0.15) is 17.5 Å². The van der Waals surface area contributed by atoms with E-state index in [1.54, 1.807) is 13.8 Å². The first-order chi connectivity index (χ1) is 9.81. The van der Waals surface area contributed by atoms with E-state index in [1.807, 2.05) is 0 Å². The molecule has 0 bridgehead atoms. The Morgan fingerprint density at radius 1 is 1.33 bits per heavy atom. The second-order valence-electron chi connectivity index (χ2n) is 3.96. The first-order valence-corrected chi connectivity index (χ1v) is 7.08. The lowest BCUT2D eigenvalue weighted by Crippen LogP contribution is -2.14. The molecule has 0 aliphatic carbocycles. The fourth-order valence-electron chi connectivity index (χ4n) is 1.53. The average Bonchev–Trinajstić information content (AvgIpc) is 2.67. The molecule has 0 saturated heterocycles. The van der Waals surface area contributed by atoms with Crippen LogP contribution in [-0.4, -0.2) is 21.5 Å². The van der Waals surface area contributed by atoms with E-state index in [0.29, 0.717) is 11.5 Å². The van der Waals surface area contributed by atoms with E-state index in [1.165, 1.54) is 11.3 Å². The lowest BCUT2D eigenvalue weighted by Gasteiger charge is -2.13. The Morgan fingerprint density at radius 3 is 2.57 bits per heavy atom. The molecule has 0 radical (unpaired) electrons. The summed E-state index contributed by atoms with van der Waals surface area (Å²) in [6.07, 6.45) is -3.79. The summed E-state index contributed by atoms with van der Waals surface area (Å²) in [7, 11) is 0. The molecular formula is C11H11ClF3N5S. The van der Waals surface area contributed by atoms with Gasteiger partial charge in [0.2, 0.25) is 5.95 Å². The lowest BCUT2D eigenvalue weighted by atomic mass is 10.3. The van der Waals surface area contributed by atoms with E-state index in [2.05, 4.69) is 25.6 Å². The van der Waals surface area contributed by atoms with Gasteiger partial charge in [-0.25, -0.2) is 9.97 Å². The van der Waals surface area contributed by atoms with Gasteiger partial charge in [0, 0.05) is 12.7 Å². The van der Waals surface area contributed by atoms with E-state index in [4.69, 9.17) is 11.6 Å². The molecule has 2 aromatic heterocycles. The smallest absolute Gasteiger partial charge is 0.370 e. The molecule has 0 atom stereocenters. The Morgan fingerprint density at radius 2 is 2.05 bits per heavy atom. The van der Waals surface area contributed by atoms with Gasteiger partial charge in [-0.3, -0.25) is 0 Å². The van der Waals surface area contributed by atoms with Crippen molar-refractivity contribution in [3.63, 3.8) is 0 Å². The van der Waals surface area contributed by atoms with Crippen molar-refractivity contribution in [3.8, 4) is 0 Å². The van der Waals surface area contributed by atoms with Crippen molar-refractivity contribution in [3.05, 3.63) is 21.9 Å². The van der Waals surface area contributed by atoms with Gasteiger partial charge in [-0.05, 0) is 13.8 Å². The summed E-state index contributed by atoms with van der Waals surface area (Å²) in [6, 6.07) is 0. The molecule has 2 aromatic rings. The molecule has 21 heavy (non-hydrogen) atoms. The molecule has 0 aliphatic heterocycles. The predicted octanol–water partition coefficient (Wildman–Crippen LogP) is 4.09. The molecule has 2 rings (SSSR count). The SMILES string of the molecule is CCNc1nc(Nc2sc(C)nc2Cl)ncc1C(F)(F)F. The van der Waals surface area contributed by atoms with Gasteiger partial charge in [-0.2, -0.15) is 18.2 Å². The van der Waals surface area contributed by atoms with Crippen molar-refractivity contribution >= 4 is 39.7 Å². The highest BCUT2D eigenvalue weighted by molar-refractivity contribution is 7.16. The molecule has 0 spiro atoms. The van der Waals surface area contributed by atoms with Gasteiger partial charge in [0.05, 0.1) is 5.01 Å². The van der Waals surface area contributed by atoms with Gasteiger partial charge in [0.1, 0.15) is 16.4 Å². The summed E-state index contributed by atoms with van der Waals surface area (Å²) in [5.74, 6) is -0.260. The first kappa shape index (κ1) is 15.8. The van der Waals surface area contributed by atoms with Gasteiger partial charge < -0.3 is 10.6 Å². The fourth-order valence-corrected chi connectivity index (χ4v) is 2.58. The summed E-state index contributed by atoms with van der Waals surface area (Å²) in [4.78, 5) is 11.5. The van der Waals surface area contributed by atoms with Gasteiger partial charge in [-0.15, -0.1) is 11.3 Å². The van der Waals surface area contributed by atoms with Gasteiger partial charge in [0.25, 0.3) is 0 Å². The highest BCUT2D eigenvalue weighted by atomic mass is 35.5. The first-order valence-electron chi connectivity index (χ1n) is 5.89. The molecule has 114 valence electrons. The molecular weight excluding hydrogens is 327 g/mol. The van der Waals surface area contributed by atoms with Crippen LogP contribution < -0.4 is 10.6 Å². The number of aryl methyl sites for hydroxylation is 1. The van der Waals surface area contributed by atoms with E-state index < -0.39 is 11.7 Å². The molecule has 2 N–H and O–H groups in total. The number of aromatic nitrogens is 3. The second kappa shape index (κ2) is 6.02. The van der Waals surface area contributed by atoms with Crippen LogP contribution in [0, 0.1) is 6.92 Å². The number of anilines is 3. The number of alkyl halides is 3. The highest BCUT2D eigenvalue weighted by Gasteiger charge is 2.35. The fraction of sp³-hybridized carbons (Fsp3) is 0.364. The van der Waals surface area contributed by atoms with Crippen LogP contribution in [0.3, 0.4) is 0 Å². The van der Waals surface area contributed by atoms with Crippen molar-refractivity contribution < 1.29 is 13.2 Å². The zero-order chi connectivity index (χ0) is 15.6. The van der Waals surface area contributed by atoms with Crippen LogP contribution in [0.25, 0.3) is 0 Å². The Kier molecular flexibility index (Phi) is 4.52. The summed E-state index contributed by atoms with van der Waals surface area (Å²) in [6.45, 7) is 3.75. The Balaban J connectivity index is 2.33. The molecule has 0 aromatic carbocycles. The topological polar surface area (TPSA) is 62.7 Å². The van der Waals surface area contributed by atoms with Crippen LogP contribution >= 0.6 is 22.9 Å². The maximum atomic E-state index is 12.8. The molecule has 0 unspecified atom stereocenters. The lowest BCUT2D eigenvalue weighted by molar-refractivity contribution is -0.137. The van der Waals surface area contributed by atoms with Crippen molar-refractivity contribution in [2.75, 3.05) is 17.2 Å². The zero-order valence-electron chi connectivity index (χ0n) is 11.0. The minimum absolute atomic E-state index is 0.0181. The molecule has 10 heteroatoms. The molecule has 5 nitrogen and oxygen atoms in total. The van der Waals surface area contributed by atoms with E-state index in [0.717, 1.165) is 11.2 Å². The van der Waals surface area contributed by atoms with Crippen molar-refractivity contribution in [1.82, 2.24) is 15.0 Å². The average molecular weight is 338 g/mol. The third kappa shape index (κ3) is 3.73. The second-order valence-corrected chi connectivity index (χ2v) is 5.52. The van der Waals surface area contributed by atoms with E-state index in [-0.39, 0.29) is 16.9 Å². The Labute approximate surface area is 127 Å². The van der Waals surface area contributed by atoms with Crippen molar-refractivity contribution in [1.29, 1.82) is 0 Å². The van der Waals surface area contributed by atoms with Crippen LogP contribution in [0.4, 0.5) is 29.9 Å². The van der Waals surface area contributed by atoms with Crippen LogP contribution in [-0.2, 0) is 6.18 Å². The molecule has 0 amide bonds. The van der Waals surface area contributed by atoms with E-state index in [9.17, 15) is 13.2 Å². The third-order valence-corrected chi connectivity index (χ3v) is 3.63. The van der Waals surface area contributed by atoms with Crippen LogP contribution in [0.2, 0.25) is 5.15 Å². The highest BCUT2D eigenvalue weighted by Crippen LogP contribution is 2.35. The number of nitrogens with one attached hydrogen (secondary N) is 2. The summed E-state index contributed by atoms with van der Waals surface area (Å²) >= 11 is 7.15. The van der Waals surface area contributed by atoms with Gasteiger partial charge in [-0.1, -0.05) is 11.6 Å². The number of hydrogen-bond acceptors (Lipinski definition) is 6. The normalized spacial score (nSPS) is 11.5. The molecule has 0 aliphatic rings. The Bertz CT molecular complexity index is 643. The maximum Gasteiger partial charge on any atom is 0.421 e. The molecule has 0 saturated carbocycles. The minimum atomic E-state index is -4.52. The summed E-state index contributed by atoms with van der Waals surface area (Å²) in [5, 5.41) is 6.77. The number of nitrogens with zero attached hydrogens (tertiary/aromatic N) is 3. The monoisotopic (exact) mass is 337 g/mol. The number of hydrogen-bond donors (Lipinski definition) is 2. The standard InChI is InChI=1S/C11H11ClF3N5S/c1-3-16-8-6(11(13,14)15)4-17-10(19-8)20-9-7(12)18-5(2)21-9/h4H,3H2,1-2H3,(H2,16,17,19,20). The van der Waals surface area contributed by atoms with Gasteiger partial charge in [0.15, 0.2) is 5.15 Å². The predicted molar refractivity (Wildman–Crippen MR) is 76.3 cm³/mol. The zero-order valence-corrected chi connectivity index (χ0v) is 12.6. The summed E-state index contributed by atoms with van der Waals surface area (Å²) in [5.41, 5.74) is -0.915. The van der Waals surface area contributed by atoms with Crippen molar-refractivity contribution in [2.24, 2.45) is 0 Å². The number of halogens is 4. The summed E-state index contributed by atoms with van der Waals surface area (Å²) < 4.78 is 38.5. The maximum absolute atomic E-state index is 12.8. The third-order valence-electron chi connectivity index (χ3n) is 2.36. The Hall–Kier alpha value is -1.61. The van der Waals surface area contributed by atoms with E-state index >= 15 is 0 Å². The number of thiazole rings is 1. The number of rotatable bonds is 4. The molecule has 2 heterocycles. The largest absolute Gasteiger partial charge is 0.421 e. The molecule has 0 fully saturated rings. The minimum Gasteiger partial charge on any atom is -0.370 e. The van der Waals surface area contributed by atoms with Crippen LogP contribution in [0.15, 0.2) is 6.20 Å². The van der Waals surface area contributed by atoms with Crippen molar-refractivity contribution in [2.45, 2.75) is 20.0 Å². The van der Waals surface area contributed by atoms with Crippen LogP contribution in [0.5, 0.6) is 0 Å².